The van der Waals surface area contributed by atoms with E-state index in [9.17, 15) is 19.5 Å². The number of nitrogens with zero attached hydrogens (tertiary/aromatic N) is 1. The lowest BCUT2D eigenvalue weighted by molar-refractivity contribution is -0.139. The fourth-order valence-corrected chi connectivity index (χ4v) is 5.46. The van der Waals surface area contributed by atoms with Gasteiger partial charge in [-0.1, -0.05) is 91.0 Å². The Bertz CT molecular complexity index is 1500. The maximum absolute atomic E-state index is 13.4. The Morgan fingerprint density at radius 3 is 2.00 bits per heavy atom. The SMILES string of the molecule is CSCC[C@H](NC(=O)c1ccc(CNCC(=O)N(Cc2ccccc2)Cc2ccccc2)cc1-c1ccccc1C)C(=O)O. The molecule has 0 bridgehead atoms. The van der Waals surface area contributed by atoms with Gasteiger partial charge in [-0.05, 0) is 70.9 Å². The van der Waals surface area contributed by atoms with E-state index in [4.69, 9.17) is 0 Å². The van der Waals surface area contributed by atoms with Gasteiger partial charge < -0.3 is 20.6 Å². The maximum Gasteiger partial charge on any atom is 0.326 e. The molecule has 4 aromatic rings. The second-order valence-corrected chi connectivity index (χ2v) is 11.7. The van der Waals surface area contributed by atoms with Crippen LogP contribution in [-0.4, -0.2) is 52.4 Å². The second-order valence-electron chi connectivity index (χ2n) is 10.7. The number of nitrogens with one attached hydrogen (secondary N) is 2. The van der Waals surface area contributed by atoms with Crippen LogP contribution in [0.5, 0.6) is 0 Å². The van der Waals surface area contributed by atoms with Crippen molar-refractivity contribution in [2.75, 3.05) is 18.6 Å². The standard InChI is InChI=1S/C36H39N3O4S/c1-26-11-9-10-16-30(26)32-21-29(17-18-31(32)35(41)38-33(36(42)43)19-20-44-2)22-37-23-34(40)39(24-27-12-5-3-6-13-27)25-28-14-7-4-8-15-28/h3-18,21,33,37H,19-20,22-25H2,1-2H3,(H,38,41)(H,42,43)/t33-/m0/s1. The lowest BCUT2D eigenvalue weighted by atomic mass is 9.93. The average molecular weight is 610 g/mol. The summed E-state index contributed by atoms with van der Waals surface area (Å²) in [5.41, 5.74) is 6.04. The number of benzene rings is 4. The molecule has 0 aliphatic rings. The highest BCUT2D eigenvalue weighted by Crippen LogP contribution is 2.28. The third kappa shape index (κ3) is 9.30. The van der Waals surface area contributed by atoms with Crippen LogP contribution >= 0.6 is 11.8 Å². The van der Waals surface area contributed by atoms with Crippen molar-refractivity contribution in [1.29, 1.82) is 0 Å². The first kappa shape index (κ1) is 32.5. The van der Waals surface area contributed by atoms with Gasteiger partial charge in [0.05, 0.1) is 6.54 Å². The van der Waals surface area contributed by atoms with Gasteiger partial charge >= 0.3 is 5.97 Å². The van der Waals surface area contributed by atoms with Gasteiger partial charge in [-0.3, -0.25) is 9.59 Å². The fourth-order valence-electron chi connectivity index (χ4n) is 4.99. The summed E-state index contributed by atoms with van der Waals surface area (Å²) in [6.45, 7) is 3.56. The number of amides is 2. The smallest absolute Gasteiger partial charge is 0.326 e. The molecular formula is C36H39N3O4S. The van der Waals surface area contributed by atoms with E-state index in [1.807, 2.05) is 115 Å². The number of hydrogen-bond acceptors (Lipinski definition) is 5. The van der Waals surface area contributed by atoms with Gasteiger partial charge in [0.15, 0.2) is 0 Å². The summed E-state index contributed by atoms with van der Waals surface area (Å²) in [6, 6.07) is 32.2. The van der Waals surface area contributed by atoms with Gasteiger partial charge in [-0.15, -0.1) is 0 Å². The summed E-state index contributed by atoms with van der Waals surface area (Å²) in [6.07, 6.45) is 2.24. The minimum atomic E-state index is -1.05. The Morgan fingerprint density at radius 1 is 0.795 bits per heavy atom. The summed E-state index contributed by atoms with van der Waals surface area (Å²) in [7, 11) is 0. The lowest BCUT2D eigenvalue weighted by Crippen LogP contribution is -2.41. The van der Waals surface area contributed by atoms with Crippen molar-refractivity contribution in [3.05, 3.63) is 131 Å². The predicted molar refractivity (Wildman–Crippen MR) is 177 cm³/mol. The van der Waals surface area contributed by atoms with E-state index in [1.165, 1.54) is 11.8 Å². The summed E-state index contributed by atoms with van der Waals surface area (Å²) in [5.74, 6) is -0.870. The fraction of sp³-hybridized carbons (Fsp3) is 0.250. The summed E-state index contributed by atoms with van der Waals surface area (Å²) < 4.78 is 0. The summed E-state index contributed by atoms with van der Waals surface area (Å²) in [5, 5.41) is 15.7. The molecular weight excluding hydrogens is 570 g/mol. The molecule has 0 spiro atoms. The van der Waals surface area contributed by atoms with Crippen molar-refractivity contribution in [1.82, 2.24) is 15.5 Å². The molecule has 0 aliphatic carbocycles. The van der Waals surface area contributed by atoms with E-state index in [-0.39, 0.29) is 12.5 Å². The zero-order chi connectivity index (χ0) is 31.3. The molecule has 0 unspecified atom stereocenters. The Kier molecular flexibility index (Phi) is 12.2. The zero-order valence-electron chi connectivity index (χ0n) is 25.2. The largest absolute Gasteiger partial charge is 0.480 e. The molecule has 0 saturated heterocycles. The number of carbonyl (C=O) groups excluding carboxylic acids is 2. The third-order valence-electron chi connectivity index (χ3n) is 7.37. The lowest BCUT2D eigenvalue weighted by Gasteiger charge is -2.23. The summed E-state index contributed by atoms with van der Waals surface area (Å²) in [4.78, 5) is 40.4. The van der Waals surface area contributed by atoms with Crippen LogP contribution < -0.4 is 10.6 Å². The molecule has 4 aromatic carbocycles. The van der Waals surface area contributed by atoms with Crippen LogP contribution in [0.2, 0.25) is 0 Å². The number of carboxylic acid groups (broad SMARTS) is 1. The van der Waals surface area contributed by atoms with E-state index < -0.39 is 17.9 Å². The zero-order valence-corrected chi connectivity index (χ0v) is 26.0. The Labute approximate surface area is 263 Å². The van der Waals surface area contributed by atoms with Crippen molar-refractivity contribution >= 4 is 29.5 Å². The van der Waals surface area contributed by atoms with E-state index >= 15 is 0 Å². The number of carbonyl (C=O) groups is 3. The van der Waals surface area contributed by atoms with Crippen LogP contribution in [-0.2, 0) is 29.2 Å². The van der Waals surface area contributed by atoms with Crippen molar-refractivity contribution < 1.29 is 19.5 Å². The minimum absolute atomic E-state index is 0.0159. The molecule has 7 nitrogen and oxygen atoms in total. The highest BCUT2D eigenvalue weighted by atomic mass is 32.2. The van der Waals surface area contributed by atoms with Gasteiger partial charge in [0.25, 0.3) is 5.91 Å². The molecule has 2 amide bonds. The molecule has 0 radical (unpaired) electrons. The number of aryl methyl sites for hydroxylation is 1. The molecule has 0 aromatic heterocycles. The van der Waals surface area contributed by atoms with Crippen LogP contribution in [0.1, 0.15) is 39.0 Å². The highest BCUT2D eigenvalue weighted by Gasteiger charge is 2.23. The number of aliphatic carboxylic acids is 1. The summed E-state index contributed by atoms with van der Waals surface area (Å²) >= 11 is 1.54. The first-order chi connectivity index (χ1) is 21.4. The minimum Gasteiger partial charge on any atom is -0.480 e. The monoisotopic (exact) mass is 609 g/mol. The highest BCUT2D eigenvalue weighted by molar-refractivity contribution is 7.98. The van der Waals surface area contributed by atoms with Gasteiger partial charge in [-0.2, -0.15) is 11.8 Å². The third-order valence-corrected chi connectivity index (χ3v) is 8.01. The van der Waals surface area contributed by atoms with Crippen molar-refractivity contribution in [2.24, 2.45) is 0 Å². The Morgan fingerprint density at radius 2 is 1.41 bits per heavy atom. The van der Waals surface area contributed by atoms with Crippen molar-refractivity contribution in [2.45, 2.75) is 39.0 Å². The van der Waals surface area contributed by atoms with Crippen molar-refractivity contribution in [3.63, 3.8) is 0 Å². The Hall–Kier alpha value is -4.40. The maximum atomic E-state index is 13.4. The molecule has 0 fully saturated rings. The molecule has 0 saturated carbocycles. The molecule has 0 heterocycles. The van der Waals surface area contributed by atoms with E-state index in [1.54, 1.807) is 6.07 Å². The topological polar surface area (TPSA) is 98.7 Å². The van der Waals surface area contributed by atoms with Gasteiger partial charge in [0, 0.05) is 25.2 Å². The van der Waals surface area contributed by atoms with Crippen molar-refractivity contribution in [3.8, 4) is 11.1 Å². The first-order valence-corrected chi connectivity index (χ1v) is 16.0. The number of rotatable bonds is 15. The van der Waals surface area contributed by atoms with Crippen LogP contribution in [0, 0.1) is 6.92 Å². The molecule has 8 heteroatoms. The van der Waals surface area contributed by atoms with Gasteiger partial charge in [0.1, 0.15) is 6.04 Å². The molecule has 3 N–H and O–H groups in total. The normalized spacial score (nSPS) is 11.5. The molecule has 0 aliphatic heterocycles. The number of thioether (sulfide) groups is 1. The molecule has 4 rings (SSSR count). The average Bonchev–Trinajstić information content (AvgIpc) is 3.03. The predicted octanol–water partition coefficient (Wildman–Crippen LogP) is 5.92. The quantitative estimate of drug-likeness (QED) is 0.155. The van der Waals surface area contributed by atoms with Gasteiger partial charge in [0.2, 0.25) is 5.91 Å². The Balaban J connectivity index is 1.50. The molecule has 44 heavy (non-hydrogen) atoms. The van der Waals surface area contributed by atoms with Crippen LogP contribution in [0.25, 0.3) is 11.1 Å². The van der Waals surface area contributed by atoms with Crippen LogP contribution in [0.4, 0.5) is 0 Å². The van der Waals surface area contributed by atoms with Crippen LogP contribution in [0.15, 0.2) is 103 Å². The van der Waals surface area contributed by atoms with E-state index in [2.05, 4.69) is 10.6 Å². The number of hydrogen-bond donors (Lipinski definition) is 3. The molecule has 228 valence electrons. The molecule has 1 atom stereocenters. The van der Waals surface area contributed by atoms with Crippen LogP contribution in [0.3, 0.4) is 0 Å². The van der Waals surface area contributed by atoms with Gasteiger partial charge in [-0.25, -0.2) is 4.79 Å². The second kappa shape index (κ2) is 16.4. The van der Waals surface area contributed by atoms with E-state index in [0.717, 1.165) is 33.4 Å². The van der Waals surface area contributed by atoms with E-state index in [0.29, 0.717) is 37.4 Å². The number of carboxylic acids is 1. The first-order valence-electron chi connectivity index (χ1n) is 14.6.